The maximum Gasteiger partial charge on any atom is 0.336 e. The highest BCUT2D eigenvalue weighted by atomic mass is 16.4. The molecule has 0 bridgehead atoms. The fourth-order valence-electron chi connectivity index (χ4n) is 2.02. The van der Waals surface area contributed by atoms with Crippen LogP contribution in [0.3, 0.4) is 0 Å². The van der Waals surface area contributed by atoms with Crippen molar-refractivity contribution in [3.63, 3.8) is 0 Å². The Morgan fingerprint density at radius 2 is 1.58 bits per heavy atom. The van der Waals surface area contributed by atoms with Crippen molar-refractivity contribution in [1.82, 2.24) is 0 Å². The van der Waals surface area contributed by atoms with Crippen LogP contribution < -0.4 is 0 Å². The number of aromatic carboxylic acids is 1. The van der Waals surface area contributed by atoms with Gasteiger partial charge in [0.15, 0.2) is 0 Å². The number of rotatable bonds is 4. The number of benzene rings is 2. The minimum absolute atomic E-state index is 0.0313. The molecule has 0 radical (unpaired) electrons. The predicted octanol–water partition coefficient (Wildman–Crippen LogP) is 2.68. The van der Waals surface area contributed by atoms with E-state index in [0.29, 0.717) is 11.1 Å². The zero-order valence-corrected chi connectivity index (χ0v) is 10.0. The van der Waals surface area contributed by atoms with Gasteiger partial charge in [-0.05, 0) is 22.8 Å². The van der Waals surface area contributed by atoms with Crippen LogP contribution in [0.5, 0.6) is 0 Å². The monoisotopic (exact) mass is 256 g/mol. The van der Waals surface area contributed by atoms with Crippen molar-refractivity contribution >= 4 is 11.9 Å². The van der Waals surface area contributed by atoms with Crippen molar-refractivity contribution in [2.24, 2.45) is 0 Å². The molecule has 0 fully saturated rings. The number of aliphatic carboxylic acids is 1. The van der Waals surface area contributed by atoms with Crippen molar-refractivity contribution in [1.29, 1.82) is 0 Å². The molecule has 4 heteroatoms. The molecular weight excluding hydrogens is 244 g/mol. The standard InChI is InChI=1S/C15H12O4/c16-14(17)9-13-11(10-5-2-1-3-6-10)7-4-8-12(13)15(18)19/h1-8H,9H2,(H,16,17)(H,18,19). The molecular formula is C15H12O4. The van der Waals surface area contributed by atoms with E-state index in [1.54, 1.807) is 12.1 Å². The zero-order chi connectivity index (χ0) is 13.8. The van der Waals surface area contributed by atoms with E-state index < -0.39 is 11.9 Å². The third-order valence-electron chi connectivity index (χ3n) is 2.82. The van der Waals surface area contributed by atoms with E-state index >= 15 is 0 Å². The van der Waals surface area contributed by atoms with Crippen molar-refractivity contribution in [3.05, 3.63) is 59.7 Å². The summed E-state index contributed by atoms with van der Waals surface area (Å²) >= 11 is 0. The van der Waals surface area contributed by atoms with E-state index in [1.165, 1.54) is 6.07 Å². The van der Waals surface area contributed by atoms with Gasteiger partial charge in [-0.3, -0.25) is 4.79 Å². The number of hydrogen-bond acceptors (Lipinski definition) is 2. The van der Waals surface area contributed by atoms with Gasteiger partial charge in [-0.15, -0.1) is 0 Å². The van der Waals surface area contributed by atoms with Crippen molar-refractivity contribution in [2.75, 3.05) is 0 Å². The van der Waals surface area contributed by atoms with Crippen LogP contribution in [-0.2, 0) is 11.2 Å². The summed E-state index contributed by atoms with van der Waals surface area (Å²) in [5.74, 6) is -2.17. The molecule has 19 heavy (non-hydrogen) atoms. The lowest BCUT2D eigenvalue weighted by molar-refractivity contribution is -0.136. The van der Waals surface area contributed by atoms with Gasteiger partial charge < -0.3 is 10.2 Å². The molecule has 2 aromatic carbocycles. The Balaban J connectivity index is 2.63. The van der Waals surface area contributed by atoms with Crippen LogP contribution >= 0.6 is 0 Å². The largest absolute Gasteiger partial charge is 0.481 e. The number of carboxylic acids is 2. The van der Waals surface area contributed by atoms with Gasteiger partial charge in [-0.25, -0.2) is 4.79 Å². The average Bonchev–Trinajstić information content (AvgIpc) is 2.39. The average molecular weight is 256 g/mol. The van der Waals surface area contributed by atoms with Gasteiger partial charge >= 0.3 is 11.9 Å². The lowest BCUT2D eigenvalue weighted by Crippen LogP contribution is -2.09. The van der Waals surface area contributed by atoms with E-state index in [-0.39, 0.29) is 12.0 Å². The van der Waals surface area contributed by atoms with Gasteiger partial charge in [0, 0.05) is 0 Å². The van der Waals surface area contributed by atoms with Crippen LogP contribution in [0, 0.1) is 0 Å². The van der Waals surface area contributed by atoms with Crippen molar-refractivity contribution < 1.29 is 19.8 Å². The Kier molecular flexibility index (Phi) is 3.61. The van der Waals surface area contributed by atoms with Crippen LogP contribution in [-0.4, -0.2) is 22.2 Å². The molecule has 0 atom stereocenters. The second-order valence-corrected chi connectivity index (χ2v) is 4.07. The minimum atomic E-state index is -1.12. The molecule has 0 saturated heterocycles. The molecule has 0 spiro atoms. The molecule has 0 amide bonds. The van der Waals surface area contributed by atoms with Crippen LogP contribution in [0.2, 0.25) is 0 Å². The summed E-state index contributed by atoms with van der Waals surface area (Å²) in [5.41, 5.74) is 1.81. The molecule has 2 rings (SSSR count). The third-order valence-corrected chi connectivity index (χ3v) is 2.82. The van der Waals surface area contributed by atoms with E-state index in [2.05, 4.69) is 0 Å². The SMILES string of the molecule is O=C(O)Cc1c(C(=O)O)cccc1-c1ccccc1. The Morgan fingerprint density at radius 3 is 2.16 bits per heavy atom. The normalized spacial score (nSPS) is 10.1. The summed E-state index contributed by atoms with van der Waals surface area (Å²) in [5, 5.41) is 18.1. The van der Waals surface area contributed by atoms with Crippen LogP contribution in [0.25, 0.3) is 11.1 Å². The van der Waals surface area contributed by atoms with Crippen LogP contribution in [0.4, 0.5) is 0 Å². The van der Waals surface area contributed by atoms with Gasteiger partial charge in [-0.1, -0.05) is 42.5 Å². The molecule has 4 nitrogen and oxygen atoms in total. The molecule has 2 aromatic rings. The smallest absolute Gasteiger partial charge is 0.336 e. The number of carbonyl (C=O) groups is 2. The molecule has 0 aliphatic carbocycles. The highest BCUT2D eigenvalue weighted by Gasteiger charge is 2.17. The quantitative estimate of drug-likeness (QED) is 0.881. The first-order chi connectivity index (χ1) is 9.09. The highest BCUT2D eigenvalue weighted by molar-refractivity contribution is 5.94. The van der Waals surface area contributed by atoms with E-state index in [1.807, 2.05) is 30.3 Å². The lowest BCUT2D eigenvalue weighted by atomic mass is 9.93. The first-order valence-corrected chi connectivity index (χ1v) is 5.72. The van der Waals surface area contributed by atoms with Crippen LogP contribution in [0.15, 0.2) is 48.5 Å². The Hall–Kier alpha value is -2.62. The molecule has 0 aliphatic rings. The van der Waals surface area contributed by atoms with Gasteiger partial charge in [0.2, 0.25) is 0 Å². The molecule has 0 aromatic heterocycles. The minimum Gasteiger partial charge on any atom is -0.481 e. The van der Waals surface area contributed by atoms with Gasteiger partial charge in [-0.2, -0.15) is 0 Å². The summed E-state index contributed by atoms with van der Waals surface area (Å²) in [6.07, 6.45) is -0.313. The first-order valence-electron chi connectivity index (χ1n) is 5.72. The summed E-state index contributed by atoms with van der Waals surface area (Å²) < 4.78 is 0. The summed E-state index contributed by atoms with van der Waals surface area (Å²) in [7, 11) is 0. The molecule has 96 valence electrons. The van der Waals surface area contributed by atoms with Gasteiger partial charge in [0.25, 0.3) is 0 Å². The molecule has 0 aliphatic heterocycles. The summed E-state index contributed by atoms with van der Waals surface area (Å²) in [4.78, 5) is 22.1. The van der Waals surface area contributed by atoms with E-state index in [9.17, 15) is 9.59 Å². The second-order valence-electron chi connectivity index (χ2n) is 4.07. The summed E-state index contributed by atoms with van der Waals surface area (Å²) in [6.45, 7) is 0. The highest BCUT2D eigenvalue weighted by Crippen LogP contribution is 2.27. The zero-order valence-electron chi connectivity index (χ0n) is 10.0. The number of hydrogen-bond donors (Lipinski definition) is 2. The Morgan fingerprint density at radius 1 is 0.895 bits per heavy atom. The lowest BCUT2D eigenvalue weighted by Gasteiger charge is -2.11. The maximum atomic E-state index is 11.2. The molecule has 0 unspecified atom stereocenters. The Bertz CT molecular complexity index is 617. The Labute approximate surface area is 109 Å². The molecule has 0 heterocycles. The first kappa shape index (κ1) is 12.8. The molecule has 2 N–H and O–H groups in total. The fourth-order valence-corrected chi connectivity index (χ4v) is 2.02. The third kappa shape index (κ3) is 2.80. The second kappa shape index (κ2) is 5.35. The van der Waals surface area contributed by atoms with Gasteiger partial charge in [0.1, 0.15) is 0 Å². The maximum absolute atomic E-state index is 11.2. The van der Waals surface area contributed by atoms with Crippen molar-refractivity contribution in [3.8, 4) is 11.1 Å². The van der Waals surface area contributed by atoms with E-state index in [0.717, 1.165) is 5.56 Å². The fraction of sp³-hybridized carbons (Fsp3) is 0.0667. The summed E-state index contributed by atoms with van der Waals surface area (Å²) in [6, 6.07) is 13.9. The molecule has 0 saturated carbocycles. The predicted molar refractivity (Wildman–Crippen MR) is 70.2 cm³/mol. The van der Waals surface area contributed by atoms with Gasteiger partial charge in [0.05, 0.1) is 12.0 Å². The van der Waals surface area contributed by atoms with Crippen LogP contribution in [0.1, 0.15) is 15.9 Å². The topological polar surface area (TPSA) is 74.6 Å². The van der Waals surface area contributed by atoms with E-state index in [4.69, 9.17) is 10.2 Å². The number of carboxylic acid groups (broad SMARTS) is 2. The van der Waals surface area contributed by atoms with Crippen molar-refractivity contribution in [2.45, 2.75) is 6.42 Å².